The largest absolute Gasteiger partial charge is 0.399 e. The Hall–Kier alpha value is -1.94. The number of nitrogens with two attached hydrogens (primary N) is 1. The van der Waals surface area contributed by atoms with Crippen LogP contribution in [0.4, 0.5) is 5.69 Å². The smallest absolute Gasteiger partial charge is 0.0771 e. The van der Waals surface area contributed by atoms with Gasteiger partial charge in [-0.25, -0.2) is 0 Å². The highest BCUT2D eigenvalue weighted by molar-refractivity contribution is 5.46. The number of rotatable bonds is 2. The predicted molar refractivity (Wildman–Crippen MR) is 65.8 cm³/mol. The fourth-order valence-electron chi connectivity index (χ4n) is 2.24. The third kappa shape index (κ3) is 2.12. The minimum absolute atomic E-state index is 0.836. The van der Waals surface area contributed by atoms with Crippen LogP contribution in [0.3, 0.4) is 0 Å². The first-order valence-corrected chi connectivity index (χ1v) is 5.67. The normalized spacial score (nSPS) is 14.8. The topological polar surface area (TPSA) is 55.0 Å². The third-order valence-electron chi connectivity index (χ3n) is 3.03. The van der Waals surface area contributed by atoms with Crippen LogP contribution in [-0.4, -0.2) is 15.1 Å². The Balaban J connectivity index is 1.74. The zero-order valence-corrected chi connectivity index (χ0v) is 9.50. The molecule has 4 nitrogen and oxygen atoms in total. The Labute approximate surface area is 100 Å². The Morgan fingerprint density at radius 1 is 1.18 bits per heavy atom. The lowest BCUT2D eigenvalue weighted by Gasteiger charge is -2.13. The van der Waals surface area contributed by atoms with Crippen molar-refractivity contribution in [3.05, 3.63) is 53.3 Å². The molecule has 0 saturated carbocycles. The van der Waals surface area contributed by atoms with Crippen LogP contribution in [0.15, 0.2) is 36.5 Å². The number of nitrogen functional groups attached to an aromatic ring is 1. The number of nitrogens with zero attached hydrogens (tertiary/aromatic N) is 3. The average molecular weight is 226 g/mol. The maximum atomic E-state index is 5.79. The summed E-state index contributed by atoms with van der Waals surface area (Å²) in [5, 5.41) is 8.00. The first-order valence-electron chi connectivity index (χ1n) is 5.67. The molecule has 3 rings (SSSR count). The molecule has 0 aliphatic carbocycles. The molecule has 0 fully saturated rings. The van der Waals surface area contributed by atoms with E-state index in [4.69, 9.17) is 5.73 Å². The van der Waals surface area contributed by atoms with Crippen molar-refractivity contribution in [2.45, 2.75) is 19.6 Å². The SMILES string of the molecule is Nc1ccc2c(c1)CN(Cc1cccnn1)C2. The molecule has 2 heterocycles. The van der Waals surface area contributed by atoms with Crippen LogP contribution in [-0.2, 0) is 19.6 Å². The van der Waals surface area contributed by atoms with E-state index in [9.17, 15) is 0 Å². The highest BCUT2D eigenvalue weighted by Crippen LogP contribution is 2.25. The number of anilines is 1. The summed E-state index contributed by atoms with van der Waals surface area (Å²) in [7, 11) is 0. The minimum atomic E-state index is 0.836. The van der Waals surface area contributed by atoms with Crippen molar-refractivity contribution >= 4 is 5.69 Å². The van der Waals surface area contributed by atoms with E-state index in [1.54, 1.807) is 6.20 Å². The van der Waals surface area contributed by atoms with E-state index < -0.39 is 0 Å². The summed E-state index contributed by atoms with van der Waals surface area (Å²) in [6.07, 6.45) is 1.70. The molecule has 2 N–H and O–H groups in total. The van der Waals surface area contributed by atoms with Crippen molar-refractivity contribution in [1.82, 2.24) is 15.1 Å². The third-order valence-corrected chi connectivity index (χ3v) is 3.03. The molecular weight excluding hydrogens is 212 g/mol. The lowest BCUT2D eigenvalue weighted by molar-refractivity contribution is 0.271. The second kappa shape index (κ2) is 4.14. The fourth-order valence-corrected chi connectivity index (χ4v) is 2.24. The van der Waals surface area contributed by atoms with Gasteiger partial charge >= 0.3 is 0 Å². The standard InChI is InChI=1S/C13H14N4/c14-12-4-3-10-7-17(8-11(10)6-12)9-13-2-1-5-15-16-13/h1-6H,7-9,14H2. The van der Waals surface area contributed by atoms with Gasteiger partial charge in [0.1, 0.15) is 0 Å². The molecule has 0 atom stereocenters. The van der Waals surface area contributed by atoms with Crippen LogP contribution in [0.5, 0.6) is 0 Å². The van der Waals surface area contributed by atoms with Crippen LogP contribution in [0.1, 0.15) is 16.8 Å². The Morgan fingerprint density at radius 2 is 2.06 bits per heavy atom. The van der Waals surface area contributed by atoms with Crippen LogP contribution >= 0.6 is 0 Å². The molecule has 2 aromatic rings. The second-order valence-electron chi connectivity index (χ2n) is 4.39. The molecule has 4 heteroatoms. The Kier molecular flexibility index (Phi) is 2.49. The van der Waals surface area contributed by atoms with Gasteiger partial charge in [0.2, 0.25) is 0 Å². The summed E-state index contributed by atoms with van der Waals surface area (Å²) in [5.41, 5.74) is 10.3. The van der Waals surface area contributed by atoms with Gasteiger partial charge in [-0.3, -0.25) is 4.90 Å². The van der Waals surface area contributed by atoms with Crippen molar-refractivity contribution in [1.29, 1.82) is 0 Å². The van der Waals surface area contributed by atoms with E-state index in [1.165, 1.54) is 11.1 Å². The molecule has 0 bridgehead atoms. The van der Waals surface area contributed by atoms with Crippen molar-refractivity contribution in [3.63, 3.8) is 0 Å². The maximum Gasteiger partial charge on any atom is 0.0771 e. The summed E-state index contributed by atoms with van der Waals surface area (Å²) in [4.78, 5) is 2.34. The number of hydrogen-bond donors (Lipinski definition) is 1. The van der Waals surface area contributed by atoms with Gasteiger partial charge in [-0.15, -0.1) is 0 Å². The summed E-state index contributed by atoms with van der Waals surface area (Å²) < 4.78 is 0. The van der Waals surface area contributed by atoms with E-state index in [1.807, 2.05) is 18.2 Å². The van der Waals surface area contributed by atoms with Gasteiger partial charge in [-0.2, -0.15) is 10.2 Å². The van der Waals surface area contributed by atoms with Crippen molar-refractivity contribution < 1.29 is 0 Å². The lowest BCUT2D eigenvalue weighted by Crippen LogP contribution is -2.16. The molecule has 0 saturated heterocycles. The second-order valence-corrected chi connectivity index (χ2v) is 4.39. The molecule has 0 unspecified atom stereocenters. The van der Waals surface area contributed by atoms with Gasteiger partial charge in [0.25, 0.3) is 0 Å². The lowest BCUT2D eigenvalue weighted by atomic mass is 10.1. The summed E-state index contributed by atoms with van der Waals surface area (Å²) >= 11 is 0. The Bertz CT molecular complexity index is 524. The van der Waals surface area contributed by atoms with Crippen molar-refractivity contribution in [3.8, 4) is 0 Å². The summed E-state index contributed by atoms with van der Waals surface area (Å²) in [6.45, 7) is 2.74. The first-order chi connectivity index (χ1) is 8.31. The molecule has 86 valence electrons. The quantitative estimate of drug-likeness (QED) is 0.790. The zero-order chi connectivity index (χ0) is 11.7. The number of hydrogen-bond acceptors (Lipinski definition) is 4. The molecule has 0 radical (unpaired) electrons. The molecule has 0 spiro atoms. The van der Waals surface area contributed by atoms with Crippen molar-refractivity contribution in [2.75, 3.05) is 5.73 Å². The molecule has 17 heavy (non-hydrogen) atoms. The van der Waals surface area contributed by atoms with Gasteiger partial charge in [-0.05, 0) is 35.4 Å². The van der Waals surface area contributed by atoms with E-state index in [0.717, 1.165) is 31.0 Å². The summed E-state index contributed by atoms with van der Waals surface area (Å²) in [5.74, 6) is 0. The first kappa shape index (κ1) is 10.2. The minimum Gasteiger partial charge on any atom is -0.399 e. The van der Waals surface area contributed by atoms with Gasteiger partial charge < -0.3 is 5.73 Å². The molecule has 1 aliphatic rings. The summed E-state index contributed by atoms with van der Waals surface area (Å²) in [6, 6.07) is 10.1. The zero-order valence-electron chi connectivity index (χ0n) is 9.50. The number of benzene rings is 1. The van der Waals surface area contributed by atoms with Gasteiger partial charge in [0.15, 0.2) is 0 Å². The van der Waals surface area contributed by atoms with E-state index >= 15 is 0 Å². The van der Waals surface area contributed by atoms with E-state index in [0.29, 0.717) is 0 Å². The monoisotopic (exact) mass is 226 g/mol. The Morgan fingerprint density at radius 3 is 2.88 bits per heavy atom. The molecule has 1 aromatic heterocycles. The maximum absolute atomic E-state index is 5.79. The van der Waals surface area contributed by atoms with Crippen molar-refractivity contribution in [2.24, 2.45) is 0 Å². The number of aromatic nitrogens is 2. The van der Waals surface area contributed by atoms with Crippen LogP contribution in [0, 0.1) is 0 Å². The predicted octanol–water partition coefficient (Wildman–Crippen LogP) is 1.57. The molecule has 1 aromatic carbocycles. The van der Waals surface area contributed by atoms with Gasteiger partial charge in [-0.1, -0.05) is 6.07 Å². The average Bonchev–Trinajstić information content (AvgIpc) is 2.71. The van der Waals surface area contributed by atoms with Crippen LogP contribution in [0.25, 0.3) is 0 Å². The fraction of sp³-hybridized carbons (Fsp3) is 0.231. The molecule has 1 aliphatic heterocycles. The number of fused-ring (bicyclic) bond motifs is 1. The van der Waals surface area contributed by atoms with Gasteiger partial charge in [0, 0.05) is 31.5 Å². The highest BCUT2D eigenvalue weighted by Gasteiger charge is 2.19. The van der Waals surface area contributed by atoms with Crippen LogP contribution < -0.4 is 5.73 Å². The van der Waals surface area contributed by atoms with Gasteiger partial charge in [0.05, 0.1) is 5.69 Å². The van der Waals surface area contributed by atoms with E-state index in [2.05, 4.69) is 27.2 Å². The van der Waals surface area contributed by atoms with E-state index in [-0.39, 0.29) is 0 Å². The molecule has 0 amide bonds. The molecular formula is C13H14N4. The highest BCUT2D eigenvalue weighted by atomic mass is 15.2. The van der Waals surface area contributed by atoms with Crippen LogP contribution in [0.2, 0.25) is 0 Å².